The van der Waals surface area contributed by atoms with Crippen molar-refractivity contribution in [3.8, 4) is 5.69 Å². The number of fused-ring (bicyclic) bond motifs is 2. The first-order valence-electron chi connectivity index (χ1n) is 8.42. The summed E-state index contributed by atoms with van der Waals surface area (Å²) < 4.78 is 1.80. The van der Waals surface area contributed by atoms with E-state index < -0.39 is 0 Å². The van der Waals surface area contributed by atoms with Crippen LogP contribution in [-0.2, 0) is 4.79 Å². The standard InChI is InChI=1S/C18H22N4O/c23-18(12-13-10-15-2-3-16(11-13)20-15)21-14-4-6-17(7-5-14)22-9-1-8-19-22/h1,4-9,13,15-16,20H,2-3,10-12H2,(H,21,23)/t13?,15-,16+. The molecular formula is C18H22N4O. The fourth-order valence-electron chi connectivity index (χ4n) is 3.94. The molecule has 1 unspecified atom stereocenters. The van der Waals surface area contributed by atoms with Gasteiger partial charge in [-0.1, -0.05) is 0 Å². The number of nitrogens with one attached hydrogen (secondary N) is 2. The quantitative estimate of drug-likeness (QED) is 0.913. The first-order valence-corrected chi connectivity index (χ1v) is 8.42. The molecular weight excluding hydrogens is 288 g/mol. The zero-order valence-electron chi connectivity index (χ0n) is 13.1. The van der Waals surface area contributed by atoms with Gasteiger partial charge in [0.05, 0.1) is 5.69 Å². The summed E-state index contributed by atoms with van der Waals surface area (Å²) in [6.07, 6.45) is 9.12. The summed E-state index contributed by atoms with van der Waals surface area (Å²) >= 11 is 0. The van der Waals surface area contributed by atoms with Gasteiger partial charge in [-0.3, -0.25) is 4.79 Å². The molecule has 0 spiro atoms. The van der Waals surface area contributed by atoms with Crippen molar-refractivity contribution in [1.82, 2.24) is 15.1 Å². The largest absolute Gasteiger partial charge is 0.326 e. The number of piperidine rings is 1. The lowest BCUT2D eigenvalue weighted by Crippen LogP contribution is -2.39. The van der Waals surface area contributed by atoms with Crippen LogP contribution in [0.25, 0.3) is 5.69 Å². The van der Waals surface area contributed by atoms with Crippen LogP contribution in [-0.4, -0.2) is 27.8 Å². The maximum atomic E-state index is 12.3. The lowest BCUT2D eigenvalue weighted by molar-refractivity contribution is -0.117. The van der Waals surface area contributed by atoms with Crippen molar-refractivity contribution >= 4 is 11.6 Å². The van der Waals surface area contributed by atoms with Crippen LogP contribution in [0.15, 0.2) is 42.7 Å². The Hall–Kier alpha value is -2.14. The number of benzene rings is 1. The minimum absolute atomic E-state index is 0.128. The van der Waals surface area contributed by atoms with E-state index in [1.165, 1.54) is 12.8 Å². The number of rotatable bonds is 4. The van der Waals surface area contributed by atoms with Crippen molar-refractivity contribution in [1.29, 1.82) is 0 Å². The minimum Gasteiger partial charge on any atom is -0.326 e. The van der Waals surface area contributed by atoms with E-state index in [-0.39, 0.29) is 5.91 Å². The summed E-state index contributed by atoms with van der Waals surface area (Å²) in [5, 5.41) is 10.8. The van der Waals surface area contributed by atoms with Crippen molar-refractivity contribution in [3.63, 3.8) is 0 Å². The Morgan fingerprint density at radius 1 is 1.22 bits per heavy atom. The number of amides is 1. The topological polar surface area (TPSA) is 59.0 Å². The van der Waals surface area contributed by atoms with Crippen LogP contribution in [0.5, 0.6) is 0 Å². The molecule has 5 nitrogen and oxygen atoms in total. The number of aromatic nitrogens is 2. The van der Waals surface area contributed by atoms with E-state index in [2.05, 4.69) is 15.7 Å². The zero-order chi connectivity index (χ0) is 15.6. The first-order chi connectivity index (χ1) is 11.3. The highest BCUT2D eigenvalue weighted by Gasteiger charge is 2.34. The molecule has 2 aliphatic heterocycles. The number of carbonyl (C=O) groups is 1. The van der Waals surface area contributed by atoms with Crippen LogP contribution < -0.4 is 10.6 Å². The predicted octanol–water partition coefficient (Wildman–Crippen LogP) is 2.73. The third-order valence-electron chi connectivity index (χ3n) is 4.96. The van der Waals surface area contributed by atoms with Crippen molar-refractivity contribution in [2.75, 3.05) is 5.32 Å². The van der Waals surface area contributed by atoms with Gasteiger partial charge in [-0.25, -0.2) is 4.68 Å². The number of anilines is 1. The molecule has 2 saturated heterocycles. The molecule has 0 aliphatic carbocycles. The van der Waals surface area contributed by atoms with Gasteiger partial charge in [-0.15, -0.1) is 0 Å². The number of hydrogen-bond donors (Lipinski definition) is 2. The zero-order valence-corrected chi connectivity index (χ0v) is 13.1. The average Bonchev–Trinajstić information content (AvgIpc) is 3.18. The van der Waals surface area contributed by atoms with Gasteiger partial charge >= 0.3 is 0 Å². The molecule has 4 rings (SSSR count). The van der Waals surface area contributed by atoms with E-state index in [4.69, 9.17) is 0 Å². The van der Waals surface area contributed by atoms with E-state index in [9.17, 15) is 4.79 Å². The van der Waals surface area contributed by atoms with Crippen LogP contribution in [0.2, 0.25) is 0 Å². The Kier molecular flexibility index (Phi) is 3.87. The van der Waals surface area contributed by atoms with E-state index >= 15 is 0 Å². The second kappa shape index (κ2) is 6.16. The van der Waals surface area contributed by atoms with Gasteiger partial charge in [0.2, 0.25) is 5.91 Å². The fraction of sp³-hybridized carbons (Fsp3) is 0.444. The van der Waals surface area contributed by atoms with Gasteiger partial charge in [0.25, 0.3) is 0 Å². The van der Waals surface area contributed by atoms with Crippen LogP contribution in [0.4, 0.5) is 5.69 Å². The molecule has 2 N–H and O–H groups in total. The normalized spacial score (nSPS) is 26.2. The van der Waals surface area contributed by atoms with Gasteiger partial charge in [0, 0.05) is 36.6 Å². The molecule has 2 bridgehead atoms. The van der Waals surface area contributed by atoms with Crippen molar-refractivity contribution in [2.24, 2.45) is 5.92 Å². The summed E-state index contributed by atoms with van der Waals surface area (Å²) in [5.41, 5.74) is 1.84. The average molecular weight is 310 g/mol. The summed E-state index contributed by atoms with van der Waals surface area (Å²) in [4.78, 5) is 12.3. The van der Waals surface area contributed by atoms with Gasteiger partial charge in [-0.2, -0.15) is 5.10 Å². The fourth-order valence-corrected chi connectivity index (χ4v) is 3.94. The Labute approximate surface area is 136 Å². The molecule has 2 aliphatic rings. The van der Waals surface area contributed by atoms with Crippen molar-refractivity contribution in [3.05, 3.63) is 42.7 Å². The minimum atomic E-state index is 0.128. The van der Waals surface area contributed by atoms with Gasteiger partial charge in [-0.05, 0) is 61.9 Å². The van der Waals surface area contributed by atoms with Crippen LogP contribution >= 0.6 is 0 Å². The molecule has 23 heavy (non-hydrogen) atoms. The lowest BCUT2D eigenvalue weighted by atomic mass is 9.89. The van der Waals surface area contributed by atoms with Crippen molar-refractivity contribution in [2.45, 2.75) is 44.2 Å². The Balaban J connectivity index is 1.33. The van der Waals surface area contributed by atoms with E-state index in [0.29, 0.717) is 24.4 Å². The summed E-state index contributed by atoms with van der Waals surface area (Å²) in [7, 11) is 0. The number of carbonyl (C=O) groups excluding carboxylic acids is 1. The van der Waals surface area contributed by atoms with E-state index in [0.717, 1.165) is 24.2 Å². The van der Waals surface area contributed by atoms with Gasteiger partial charge in [0.1, 0.15) is 0 Å². The smallest absolute Gasteiger partial charge is 0.224 e. The summed E-state index contributed by atoms with van der Waals surface area (Å²) in [5.74, 6) is 0.653. The summed E-state index contributed by atoms with van der Waals surface area (Å²) in [6, 6.07) is 11.0. The molecule has 1 amide bonds. The van der Waals surface area contributed by atoms with Gasteiger partial charge in [0.15, 0.2) is 0 Å². The maximum Gasteiger partial charge on any atom is 0.224 e. The molecule has 3 atom stereocenters. The van der Waals surface area contributed by atoms with Crippen LogP contribution in [0.1, 0.15) is 32.1 Å². The third-order valence-corrected chi connectivity index (χ3v) is 4.96. The molecule has 2 fully saturated rings. The molecule has 0 radical (unpaired) electrons. The van der Waals surface area contributed by atoms with Crippen LogP contribution in [0, 0.1) is 5.92 Å². The number of hydrogen-bond acceptors (Lipinski definition) is 3. The number of nitrogens with zero attached hydrogens (tertiary/aromatic N) is 2. The predicted molar refractivity (Wildman–Crippen MR) is 89.5 cm³/mol. The monoisotopic (exact) mass is 310 g/mol. The highest BCUT2D eigenvalue weighted by atomic mass is 16.1. The highest BCUT2D eigenvalue weighted by Crippen LogP contribution is 2.32. The Morgan fingerprint density at radius 2 is 1.96 bits per heavy atom. The van der Waals surface area contributed by atoms with E-state index in [1.54, 1.807) is 10.9 Å². The third kappa shape index (κ3) is 3.29. The van der Waals surface area contributed by atoms with Gasteiger partial charge < -0.3 is 10.6 Å². The Bertz CT molecular complexity index is 653. The molecule has 1 aromatic heterocycles. The maximum absolute atomic E-state index is 12.3. The first kappa shape index (κ1) is 14.5. The molecule has 120 valence electrons. The molecule has 5 heteroatoms. The lowest BCUT2D eigenvalue weighted by Gasteiger charge is -2.28. The van der Waals surface area contributed by atoms with E-state index in [1.807, 2.05) is 36.5 Å². The molecule has 0 saturated carbocycles. The second-order valence-corrected chi connectivity index (χ2v) is 6.73. The SMILES string of the molecule is O=C(CC1C[C@H]2CC[C@@H](C1)N2)Nc1ccc(-n2cccn2)cc1. The molecule has 2 aromatic rings. The van der Waals surface area contributed by atoms with Crippen molar-refractivity contribution < 1.29 is 4.79 Å². The van der Waals surface area contributed by atoms with Crippen LogP contribution in [0.3, 0.4) is 0 Å². The second-order valence-electron chi connectivity index (χ2n) is 6.73. The Morgan fingerprint density at radius 3 is 2.61 bits per heavy atom. The summed E-state index contributed by atoms with van der Waals surface area (Å²) in [6.45, 7) is 0. The molecule has 1 aromatic carbocycles. The molecule has 3 heterocycles. The highest BCUT2D eigenvalue weighted by molar-refractivity contribution is 5.90.